The lowest BCUT2D eigenvalue weighted by atomic mass is 10.1. The monoisotopic (exact) mass is 309 g/mol. The fourth-order valence-electron chi connectivity index (χ4n) is 2.12. The molecule has 0 bridgehead atoms. The van der Waals surface area contributed by atoms with Crippen molar-refractivity contribution in [3.8, 4) is 11.5 Å². The summed E-state index contributed by atoms with van der Waals surface area (Å²) < 4.78 is 15.4. The summed E-state index contributed by atoms with van der Waals surface area (Å²) in [4.78, 5) is 13.7. The van der Waals surface area contributed by atoms with Gasteiger partial charge in [-0.3, -0.25) is 9.69 Å². The van der Waals surface area contributed by atoms with E-state index < -0.39 is 0 Å². The summed E-state index contributed by atoms with van der Waals surface area (Å²) in [6.07, 6.45) is 1.03. The standard InChI is InChI=1S/C17H27NO4/c1-13(2)6-7-18(12-17(19)22-5)11-14-8-15(20-3)10-16(9-14)21-4/h8-10,13H,6-7,11-12H2,1-5H3. The second-order valence-electron chi connectivity index (χ2n) is 5.69. The molecule has 0 saturated heterocycles. The highest BCUT2D eigenvalue weighted by molar-refractivity contribution is 5.71. The van der Waals surface area contributed by atoms with Gasteiger partial charge in [-0.05, 0) is 36.6 Å². The Morgan fingerprint density at radius 1 is 1.09 bits per heavy atom. The first-order chi connectivity index (χ1) is 10.5. The van der Waals surface area contributed by atoms with Crippen LogP contribution in [0.3, 0.4) is 0 Å². The Labute approximate surface area is 133 Å². The van der Waals surface area contributed by atoms with Crippen LogP contribution in [0.25, 0.3) is 0 Å². The van der Waals surface area contributed by atoms with Crippen molar-refractivity contribution in [1.82, 2.24) is 4.90 Å². The fourth-order valence-corrected chi connectivity index (χ4v) is 2.12. The van der Waals surface area contributed by atoms with E-state index in [1.54, 1.807) is 14.2 Å². The van der Waals surface area contributed by atoms with Crippen LogP contribution in [-0.2, 0) is 16.1 Å². The Hall–Kier alpha value is -1.75. The van der Waals surface area contributed by atoms with E-state index in [-0.39, 0.29) is 12.5 Å². The predicted molar refractivity (Wildman–Crippen MR) is 86.3 cm³/mol. The van der Waals surface area contributed by atoms with Gasteiger partial charge in [0.1, 0.15) is 11.5 Å². The SMILES string of the molecule is COC(=O)CN(CCC(C)C)Cc1cc(OC)cc(OC)c1. The first kappa shape index (κ1) is 18.3. The molecule has 0 radical (unpaired) electrons. The zero-order valence-corrected chi connectivity index (χ0v) is 14.2. The summed E-state index contributed by atoms with van der Waals surface area (Å²) >= 11 is 0. The van der Waals surface area contributed by atoms with Gasteiger partial charge in [0.2, 0.25) is 0 Å². The molecule has 124 valence electrons. The van der Waals surface area contributed by atoms with Crippen LogP contribution < -0.4 is 9.47 Å². The number of benzene rings is 1. The molecular formula is C17H27NO4. The van der Waals surface area contributed by atoms with E-state index in [1.807, 2.05) is 18.2 Å². The van der Waals surface area contributed by atoms with E-state index in [1.165, 1.54) is 7.11 Å². The largest absolute Gasteiger partial charge is 0.497 e. The summed E-state index contributed by atoms with van der Waals surface area (Å²) in [5.74, 6) is 1.85. The molecule has 22 heavy (non-hydrogen) atoms. The molecule has 0 aliphatic carbocycles. The van der Waals surface area contributed by atoms with Gasteiger partial charge in [-0.2, -0.15) is 0 Å². The van der Waals surface area contributed by atoms with Gasteiger partial charge in [0, 0.05) is 12.6 Å². The molecule has 5 nitrogen and oxygen atoms in total. The van der Waals surface area contributed by atoms with Gasteiger partial charge in [0.05, 0.1) is 27.9 Å². The van der Waals surface area contributed by atoms with Crippen LogP contribution in [0.2, 0.25) is 0 Å². The molecule has 0 aliphatic heterocycles. The van der Waals surface area contributed by atoms with Gasteiger partial charge in [-0.1, -0.05) is 13.8 Å². The summed E-state index contributed by atoms with van der Waals surface area (Å²) in [5.41, 5.74) is 1.05. The number of carbonyl (C=O) groups excluding carboxylic acids is 1. The molecule has 0 aliphatic rings. The van der Waals surface area contributed by atoms with Crippen molar-refractivity contribution in [2.45, 2.75) is 26.8 Å². The summed E-state index contributed by atoms with van der Waals surface area (Å²) in [5, 5.41) is 0. The molecule has 0 atom stereocenters. The van der Waals surface area contributed by atoms with E-state index in [9.17, 15) is 4.79 Å². The summed E-state index contributed by atoms with van der Waals surface area (Å²) in [6, 6.07) is 5.76. The van der Waals surface area contributed by atoms with E-state index in [0.717, 1.165) is 30.0 Å². The van der Waals surface area contributed by atoms with Crippen LogP contribution in [0.1, 0.15) is 25.8 Å². The van der Waals surface area contributed by atoms with Crippen LogP contribution in [0, 0.1) is 5.92 Å². The minimum Gasteiger partial charge on any atom is -0.497 e. The normalized spacial score (nSPS) is 10.9. The first-order valence-electron chi connectivity index (χ1n) is 7.49. The minimum atomic E-state index is -0.224. The molecule has 0 amide bonds. The van der Waals surface area contributed by atoms with Crippen LogP contribution >= 0.6 is 0 Å². The van der Waals surface area contributed by atoms with Crippen LogP contribution in [0.5, 0.6) is 11.5 Å². The van der Waals surface area contributed by atoms with Gasteiger partial charge in [-0.15, -0.1) is 0 Å². The molecular weight excluding hydrogens is 282 g/mol. The number of nitrogens with zero attached hydrogens (tertiary/aromatic N) is 1. The number of hydrogen-bond acceptors (Lipinski definition) is 5. The molecule has 1 aromatic carbocycles. The Morgan fingerprint density at radius 3 is 2.14 bits per heavy atom. The van der Waals surface area contributed by atoms with Crippen molar-refractivity contribution in [2.24, 2.45) is 5.92 Å². The zero-order valence-electron chi connectivity index (χ0n) is 14.2. The van der Waals surface area contributed by atoms with Gasteiger partial charge >= 0.3 is 5.97 Å². The lowest BCUT2D eigenvalue weighted by Crippen LogP contribution is -2.31. The van der Waals surface area contributed by atoms with E-state index in [2.05, 4.69) is 18.7 Å². The molecule has 0 aromatic heterocycles. The number of ether oxygens (including phenoxy) is 3. The lowest BCUT2D eigenvalue weighted by molar-refractivity contribution is -0.142. The molecule has 1 rings (SSSR count). The molecule has 0 fully saturated rings. The highest BCUT2D eigenvalue weighted by Gasteiger charge is 2.13. The van der Waals surface area contributed by atoms with Crippen molar-refractivity contribution in [2.75, 3.05) is 34.4 Å². The molecule has 0 unspecified atom stereocenters. The molecule has 0 saturated carbocycles. The number of methoxy groups -OCH3 is 3. The second-order valence-corrected chi connectivity index (χ2v) is 5.69. The van der Waals surface area contributed by atoms with Crippen molar-refractivity contribution in [3.05, 3.63) is 23.8 Å². The fraction of sp³-hybridized carbons (Fsp3) is 0.588. The number of esters is 1. The second kappa shape index (κ2) is 9.30. The predicted octanol–water partition coefficient (Wildman–Crippen LogP) is 2.72. The van der Waals surface area contributed by atoms with Crippen molar-refractivity contribution in [3.63, 3.8) is 0 Å². The van der Waals surface area contributed by atoms with E-state index in [0.29, 0.717) is 12.5 Å². The van der Waals surface area contributed by atoms with Crippen molar-refractivity contribution >= 4 is 5.97 Å². The smallest absolute Gasteiger partial charge is 0.319 e. The Morgan fingerprint density at radius 2 is 1.68 bits per heavy atom. The summed E-state index contributed by atoms with van der Waals surface area (Å²) in [7, 11) is 4.67. The Bertz CT molecular complexity index is 451. The van der Waals surface area contributed by atoms with Crippen LogP contribution in [0.4, 0.5) is 0 Å². The highest BCUT2D eigenvalue weighted by Crippen LogP contribution is 2.23. The average molecular weight is 309 g/mol. The topological polar surface area (TPSA) is 48.0 Å². The third-order valence-corrected chi connectivity index (χ3v) is 3.42. The van der Waals surface area contributed by atoms with E-state index >= 15 is 0 Å². The molecule has 5 heteroatoms. The highest BCUT2D eigenvalue weighted by atomic mass is 16.5. The molecule has 0 N–H and O–H groups in total. The third-order valence-electron chi connectivity index (χ3n) is 3.42. The molecule has 0 heterocycles. The maximum Gasteiger partial charge on any atom is 0.319 e. The van der Waals surface area contributed by atoms with Crippen LogP contribution in [-0.4, -0.2) is 45.3 Å². The third kappa shape index (κ3) is 6.35. The maximum atomic E-state index is 11.6. The van der Waals surface area contributed by atoms with Gasteiger partial charge < -0.3 is 14.2 Å². The van der Waals surface area contributed by atoms with Gasteiger partial charge in [-0.25, -0.2) is 0 Å². The number of rotatable bonds is 9. The minimum absolute atomic E-state index is 0.224. The zero-order chi connectivity index (χ0) is 16.5. The quantitative estimate of drug-likeness (QED) is 0.656. The lowest BCUT2D eigenvalue weighted by Gasteiger charge is -2.22. The van der Waals surface area contributed by atoms with Crippen molar-refractivity contribution in [1.29, 1.82) is 0 Å². The maximum absolute atomic E-state index is 11.6. The van der Waals surface area contributed by atoms with Crippen LogP contribution in [0.15, 0.2) is 18.2 Å². The van der Waals surface area contributed by atoms with Gasteiger partial charge in [0.25, 0.3) is 0 Å². The Balaban J connectivity index is 2.84. The average Bonchev–Trinajstić information content (AvgIpc) is 2.51. The van der Waals surface area contributed by atoms with Crippen molar-refractivity contribution < 1.29 is 19.0 Å². The Kier molecular flexibility index (Phi) is 7.74. The van der Waals surface area contributed by atoms with Gasteiger partial charge in [0.15, 0.2) is 0 Å². The number of hydrogen-bond donors (Lipinski definition) is 0. The van der Waals surface area contributed by atoms with E-state index in [4.69, 9.17) is 14.2 Å². The molecule has 1 aromatic rings. The number of carbonyl (C=O) groups is 1. The summed E-state index contributed by atoms with van der Waals surface area (Å²) in [6.45, 7) is 6.11. The first-order valence-corrected chi connectivity index (χ1v) is 7.49. The molecule has 0 spiro atoms.